The number of benzene rings is 1. The van der Waals surface area contributed by atoms with Crippen molar-refractivity contribution in [3.05, 3.63) is 29.6 Å². The lowest BCUT2D eigenvalue weighted by molar-refractivity contribution is 0.386. The predicted octanol–water partition coefficient (Wildman–Crippen LogP) is 1.96. The normalized spacial score (nSPS) is 13.6. The summed E-state index contributed by atoms with van der Waals surface area (Å²) in [6.07, 6.45) is 0.562. The average Bonchev–Trinajstić information content (AvgIpc) is 2.15. The number of hydrogen-bond donors (Lipinski definition) is 2. The minimum Gasteiger partial charge on any atom is -0.496 e. The molecule has 0 saturated heterocycles. The third-order valence-corrected chi connectivity index (χ3v) is 2.34. The first-order valence-corrected chi connectivity index (χ1v) is 5.21. The molecule has 0 aliphatic rings. The Hall–Kier alpha value is -1.13. The van der Waals surface area contributed by atoms with Gasteiger partial charge in [-0.15, -0.1) is 0 Å². The zero-order chi connectivity index (χ0) is 12.3. The van der Waals surface area contributed by atoms with Gasteiger partial charge in [-0.05, 0) is 38.5 Å². The molecule has 0 fully saturated rings. The van der Waals surface area contributed by atoms with Crippen LogP contribution in [0.4, 0.5) is 4.39 Å². The van der Waals surface area contributed by atoms with Crippen LogP contribution in [0.1, 0.15) is 31.9 Å². The van der Waals surface area contributed by atoms with E-state index in [0.29, 0.717) is 17.7 Å². The fourth-order valence-corrected chi connectivity index (χ4v) is 1.67. The maximum absolute atomic E-state index is 13.1. The van der Waals surface area contributed by atoms with Crippen LogP contribution < -0.4 is 16.2 Å². The Bertz CT molecular complexity index is 361. The zero-order valence-electron chi connectivity index (χ0n) is 9.96. The van der Waals surface area contributed by atoms with Gasteiger partial charge in [0.05, 0.1) is 7.11 Å². The van der Waals surface area contributed by atoms with Crippen molar-refractivity contribution in [3.8, 4) is 5.75 Å². The molecule has 0 saturated carbocycles. The molecular weight excluding hydrogens is 207 g/mol. The highest BCUT2D eigenvalue weighted by atomic mass is 19.1. The summed E-state index contributed by atoms with van der Waals surface area (Å²) in [5, 5.41) is 0. The third kappa shape index (κ3) is 3.47. The van der Waals surface area contributed by atoms with Crippen LogP contribution in [0.3, 0.4) is 0 Å². The second-order valence-corrected chi connectivity index (χ2v) is 4.69. The van der Waals surface area contributed by atoms with E-state index in [1.54, 1.807) is 6.07 Å². The van der Waals surface area contributed by atoms with E-state index < -0.39 is 5.54 Å². The van der Waals surface area contributed by atoms with Gasteiger partial charge in [-0.3, -0.25) is 0 Å². The van der Waals surface area contributed by atoms with Crippen molar-refractivity contribution in [1.29, 1.82) is 0 Å². The summed E-state index contributed by atoms with van der Waals surface area (Å²) in [5.41, 5.74) is 12.2. The van der Waals surface area contributed by atoms with Gasteiger partial charge in [-0.2, -0.15) is 0 Å². The minimum absolute atomic E-state index is 0.318. The lowest BCUT2D eigenvalue weighted by Crippen LogP contribution is -2.36. The maximum atomic E-state index is 13.1. The molecule has 0 bridgehead atoms. The lowest BCUT2D eigenvalue weighted by Gasteiger charge is -2.24. The average molecular weight is 226 g/mol. The molecule has 0 aliphatic carbocycles. The van der Waals surface area contributed by atoms with Gasteiger partial charge in [0.1, 0.15) is 11.6 Å². The molecule has 1 aromatic rings. The molecule has 4 N–H and O–H groups in total. The highest BCUT2D eigenvalue weighted by Crippen LogP contribution is 2.28. The molecule has 0 radical (unpaired) electrons. The molecule has 0 amide bonds. The van der Waals surface area contributed by atoms with E-state index >= 15 is 0 Å². The molecule has 3 nitrogen and oxygen atoms in total. The van der Waals surface area contributed by atoms with Gasteiger partial charge in [-0.1, -0.05) is 0 Å². The molecule has 90 valence electrons. The molecule has 0 aliphatic heterocycles. The second-order valence-electron chi connectivity index (χ2n) is 4.69. The summed E-state index contributed by atoms with van der Waals surface area (Å²) >= 11 is 0. The van der Waals surface area contributed by atoms with Crippen molar-refractivity contribution < 1.29 is 9.13 Å². The number of ether oxygens (including phenoxy) is 1. The molecule has 0 aromatic heterocycles. The van der Waals surface area contributed by atoms with E-state index in [4.69, 9.17) is 16.2 Å². The highest BCUT2D eigenvalue weighted by molar-refractivity contribution is 5.36. The van der Waals surface area contributed by atoms with Gasteiger partial charge in [0, 0.05) is 17.1 Å². The Morgan fingerprint density at radius 2 is 2.06 bits per heavy atom. The molecule has 1 unspecified atom stereocenters. The number of nitrogens with two attached hydrogens (primary N) is 2. The fraction of sp³-hybridized carbons (Fsp3) is 0.500. The van der Waals surface area contributed by atoms with E-state index in [-0.39, 0.29) is 11.9 Å². The van der Waals surface area contributed by atoms with E-state index in [1.807, 2.05) is 13.8 Å². The number of hydrogen-bond acceptors (Lipinski definition) is 3. The topological polar surface area (TPSA) is 61.3 Å². The summed E-state index contributed by atoms with van der Waals surface area (Å²) in [6, 6.07) is 4.00. The summed E-state index contributed by atoms with van der Waals surface area (Å²) in [4.78, 5) is 0. The van der Waals surface area contributed by atoms with Crippen molar-refractivity contribution in [2.45, 2.75) is 31.8 Å². The van der Waals surface area contributed by atoms with Crippen molar-refractivity contribution >= 4 is 0 Å². The van der Waals surface area contributed by atoms with Gasteiger partial charge in [0.15, 0.2) is 0 Å². The van der Waals surface area contributed by atoms with E-state index in [0.717, 1.165) is 0 Å². The molecule has 4 heteroatoms. The first-order chi connectivity index (χ1) is 7.33. The van der Waals surface area contributed by atoms with Crippen LogP contribution in [0.25, 0.3) is 0 Å². The molecular formula is C12H19FN2O. The summed E-state index contributed by atoms with van der Waals surface area (Å²) in [5.74, 6) is 0.277. The Balaban J connectivity index is 2.97. The second kappa shape index (κ2) is 4.80. The van der Waals surface area contributed by atoms with Gasteiger partial charge in [-0.25, -0.2) is 4.39 Å². The highest BCUT2D eigenvalue weighted by Gasteiger charge is 2.20. The molecule has 1 aromatic carbocycles. The van der Waals surface area contributed by atoms with E-state index in [1.165, 1.54) is 19.2 Å². The maximum Gasteiger partial charge on any atom is 0.123 e. The zero-order valence-corrected chi connectivity index (χ0v) is 9.96. The van der Waals surface area contributed by atoms with Gasteiger partial charge in [0.25, 0.3) is 0 Å². The van der Waals surface area contributed by atoms with Crippen LogP contribution >= 0.6 is 0 Å². The third-order valence-electron chi connectivity index (χ3n) is 2.34. The number of methoxy groups -OCH3 is 1. The van der Waals surface area contributed by atoms with Crippen molar-refractivity contribution in [2.24, 2.45) is 11.5 Å². The quantitative estimate of drug-likeness (QED) is 0.825. The van der Waals surface area contributed by atoms with Crippen molar-refractivity contribution in [1.82, 2.24) is 0 Å². The first kappa shape index (κ1) is 12.9. The molecule has 0 heterocycles. The summed E-state index contributed by atoms with van der Waals surface area (Å²) in [7, 11) is 1.54. The Kier molecular flexibility index (Phi) is 3.88. The monoisotopic (exact) mass is 226 g/mol. The first-order valence-electron chi connectivity index (χ1n) is 5.21. The van der Waals surface area contributed by atoms with Crippen LogP contribution in [-0.2, 0) is 0 Å². The Morgan fingerprint density at radius 3 is 2.56 bits per heavy atom. The minimum atomic E-state index is -0.392. The largest absolute Gasteiger partial charge is 0.496 e. The smallest absolute Gasteiger partial charge is 0.123 e. The van der Waals surface area contributed by atoms with Crippen LogP contribution in [0, 0.1) is 5.82 Å². The van der Waals surface area contributed by atoms with E-state index in [2.05, 4.69) is 0 Å². The molecule has 0 spiro atoms. The van der Waals surface area contributed by atoms with Gasteiger partial charge >= 0.3 is 0 Å². The standard InChI is InChI=1S/C12H19FN2O/c1-12(2,15)7-10(14)9-6-8(13)4-5-11(9)16-3/h4-6,10H,7,14-15H2,1-3H3. The molecule has 1 atom stereocenters. The van der Waals surface area contributed by atoms with Crippen molar-refractivity contribution in [3.63, 3.8) is 0 Å². The van der Waals surface area contributed by atoms with Crippen LogP contribution in [0.5, 0.6) is 5.75 Å². The van der Waals surface area contributed by atoms with Gasteiger partial charge in [0.2, 0.25) is 0 Å². The lowest BCUT2D eigenvalue weighted by atomic mass is 9.92. The number of rotatable bonds is 4. The van der Waals surface area contributed by atoms with Crippen molar-refractivity contribution in [2.75, 3.05) is 7.11 Å². The summed E-state index contributed by atoms with van der Waals surface area (Å²) in [6.45, 7) is 3.78. The SMILES string of the molecule is COc1ccc(F)cc1C(N)CC(C)(C)N. The van der Waals surface area contributed by atoms with Gasteiger partial charge < -0.3 is 16.2 Å². The van der Waals surface area contributed by atoms with Crippen LogP contribution in [0.15, 0.2) is 18.2 Å². The van der Waals surface area contributed by atoms with Crippen LogP contribution in [-0.4, -0.2) is 12.6 Å². The Labute approximate surface area is 95.6 Å². The summed E-state index contributed by atoms with van der Waals surface area (Å²) < 4.78 is 18.3. The van der Waals surface area contributed by atoms with Crippen LogP contribution in [0.2, 0.25) is 0 Å². The Morgan fingerprint density at radius 1 is 1.44 bits per heavy atom. The number of halogens is 1. The van der Waals surface area contributed by atoms with E-state index in [9.17, 15) is 4.39 Å². The predicted molar refractivity (Wildman–Crippen MR) is 62.8 cm³/mol. The molecule has 1 rings (SSSR count). The molecule has 16 heavy (non-hydrogen) atoms. The fourth-order valence-electron chi connectivity index (χ4n) is 1.67.